The van der Waals surface area contributed by atoms with Crippen LogP contribution in [0.2, 0.25) is 0 Å². The van der Waals surface area contributed by atoms with E-state index in [-0.39, 0.29) is 16.8 Å². The smallest absolute Gasteiger partial charge is 0.159 e. The summed E-state index contributed by atoms with van der Waals surface area (Å²) in [6.07, 6.45) is 6.50. The molecule has 2 heterocycles. The predicted molar refractivity (Wildman–Crippen MR) is 110 cm³/mol. The minimum absolute atomic E-state index is 0.127. The molecule has 6 heteroatoms. The summed E-state index contributed by atoms with van der Waals surface area (Å²) in [5.41, 5.74) is 2.54. The molecule has 142 valence electrons. The van der Waals surface area contributed by atoms with Gasteiger partial charge in [-0.2, -0.15) is 11.8 Å². The number of benzene rings is 1. The van der Waals surface area contributed by atoms with E-state index < -0.39 is 0 Å². The molecule has 5 nitrogen and oxygen atoms in total. The number of thioether (sulfide) groups is 1. The monoisotopic (exact) mass is 382 g/mol. The Morgan fingerprint density at radius 1 is 1.19 bits per heavy atom. The van der Waals surface area contributed by atoms with Crippen LogP contribution in [0.15, 0.2) is 42.7 Å². The molecule has 0 amide bonds. The highest BCUT2D eigenvalue weighted by Gasteiger charge is 2.46. The van der Waals surface area contributed by atoms with Crippen LogP contribution in [0.5, 0.6) is 0 Å². The van der Waals surface area contributed by atoms with E-state index in [1.807, 2.05) is 6.07 Å². The number of aliphatic hydroxyl groups is 1. The Balaban J connectivity index is 1.49. The van der Waals surface area contributed by atoms with Crippen molar-refractivity contribution in [1.82, 2.24) is 14.9 Å². The molecule has 1 atom stereocenters. The number of rotatable bonds is 5. The molecule has 1 saturated heterocycles. The summed E-state index contributed by atoms with van der Waals surface area (Å²) in [6.45, 7) is 3.97. The number of nitrogens with zero attached hydrogens (tertiary/aromatic N) is 3. The minimum atomic E-state index is -0.222. The van der Waals surface area contributed by atoms with E-state index in [4.69, 9.17) is 5.41 Å². The molecule has 0 bridgehead atoms. The highest BCUT2D eigenvalue weighted by atomic mass is 32.2. The molecule has 4 rings (SSSR count). The second kappa shape index (κ2) is 7.24. The van der Waals surface area contributed by atoms with E-state index in [0.717, 1.165) is 30.2 Å². The first-order chi connectivity index (χ1) is 13.0. The van der Waals surface area contributed by atoms with Crippen molar-refractivity contribution < 1.29 is 5.11 Å². The maximum atomic E-state index is 9.68. The fraction of sp³-hybridized carbons (Fsp3) is 0.476. The van der Waals surface area contributed by atoms with Gasteiger partial charge in [0.2, 0.25) is 0 Å². The lowest BCUT2D eigenvalue weighted by atomic mass is 9.93. The summed E-state index contributed by atoms with van der Waals surface area (Å²) in [6, 6.07) is 10.4. The summed E-state index contributed by atoms with van der Waals surface area (Å²) < 4.78 is -0.222. The van der Waals surface area contributed by atoms with E-state index in [0.29, 0.717) is 12.3 Å². The second-order valence-corrected chi connectivity index (χ2v) is 9.61. The first-order valence-electron chi connectivity index (χ1n) is 9.49. The van der Waals surface area contributed by atoms with Crippen LogP contribution in [0.1, 0.15) is 31.7 Å². The normalized spacial score (nSPS) is 24.5. The van der Waals surface area contributed by atoms with Gasteiger partial charge in [0, 0.05) is 53.4 Å². The van der Waals surface area contributed by atoms with Crippen LogP contribution < -0.4 is 0 Å². The first kappa shape index (κ1) is 18.4. The molecular formula is C21H26N4OS. The topological polar surface area (TPSA) is 73.1 Å². The highest BCUT2D eigenvalue weighted by Crippen LogP contribution is 2.49. The van der Waals surface area contributed by atoms with Crippen LogP contribution in [0.4, 0.5) is 0 Å². The van der Waals surface area contributed by atoms with E-state index >= 15 is 0 Å². The third-order valence-corrected chi connectivity index (χ3v) is 7.09. The molecule has 2 N–H and O–H groups in total. The van der Waals surface area contributed by atoms with Crippen molar-refractivity contribution in [3.63, 3.8) is 0 Å². The van der Waals surface area contributed by atoms with E-state index in [9.17, 15) is 5.11 Å². The maximum Gasteiger partial charge on any atom is 0.159 e. The molecule has 2 fully saturated rings. The van der Waals surface area contributed by atoms with E-state index in [2.05, 4.69) is 46.1 Å². The summed E-state index contributed by atoms with van der Waals surface area (Å²) >= 11 is 1.79. The highest BCUT2D eigenvalue weighted by molar-refractivity contribution is 8.00. The predicted octanol–water partition coefficient (Wildman–Crippen LogP) is 3.34. The zero-order valence-electron chi connectivity index (χ0n) is 15.7. The van der Waals surface area contributed by atoms with Crippen molar-refractivity contribution in [2.24, 2.45) is 0 Å². The molecule has 1 unspecified atom stereocenters. The second-order valence-electron chi connectivity index (χ2n) is 7.93. The van der Waals surface area contributed by atoms with Gasteiger partial charge in [-0.25, -0.2) is 9.97 Å². The molecule has 1 aromatic carbocycles. The number of amidine groups is 1. The molecule has 0 spiro atoms. The Morgan fingerprint density at radius 3 is 2.52 bits per heavy atom. The van der Waals surface area contributed by atoms with Crippen LogP contribution in [-0.4, -0.2) is 56.0 Å². The molecule has 1 aliphatic carbocycles. The molecule has 27 heavy (non-hydrogen) atoms. The maximum absolute atomic E-state index is 9.68. The van der Waals surface area contributed by atoms with Gasteiger partial charge in [-0.1, -0.05) is 24.3 Å². The first-order valence-corrected chi connectivity index (χ1v) is 10.5. The van der Waals surface area contributed by atoms with Gasteiger partial charge in [0.05, 0.1) is 12.4 Å². The van der Waals surface area contributed by atoms with Crippen molar-refractivity contribution >= 4 is 17.6 Å². The number of nitrogens with one attached hydrogen (secondary N) is 1. The van der Waals surface area contributed by atoms with Crippen molar-refractivity contribution in [2.45, 2.75) is 36.3 Å². The average Bonchev–Trinajstić information content (AvgIpc) is 3.50. The third-order valence-electron chi connectivity index (χ3n) is 5.74. The largest absolute Gasteiger partial charge is 0.395 e. The molecule has 1 aliphatic heterocycles. The summed E-state index contributed by atoms with van der Waals surface area (Å²) in [7, 11) is 0. The van der Waals surface area contributed by atoms with Gasteiger partial charge in [0.1, 0.15) is 0 Å². The third kappa shape index (κ3) is 3.87. The fourth-order valence-corrected chi connectivity index (χ4v) is 4.94. The standard InChI is InChI=1S/C21H26N4OS/c1-20(15-26)13-18(22)25(11-12-27-20)14-21(7-8-21)17-5-3-16(4-6-17)19-23-9-2-10-24-19/h2-6,9-10,22,26H,7-8,11-15H2,1H3. The Kier molecular flexibility index (Phi) is 4.95. The van der Waals surface area contributed by atoms with Gasteiger partial charge in [0.15, 0.2) is 5.82 Å². The summed E-state index contributed by atoms with van der Waals surface area (Å²) in [4.78, 5) is 10.9. The molecular weight excluding hydrogens is 356 g/mol. The van der Waals surface area contributed by atoms with Crippen LogP contribution in [0.3, 0.4) is 0 Å². The van der Waals surface area contributed by atoms with E-state index in [1.165, 1.54) is 18.4 Å². The van der Waals surface area contributed by atoms with Crippen molar-refractivity contribution in [3.8, 4) is 11.4 Å². The SMILES string of the molecule is CC1(CO)CC(=N)N(CC2(c3ccc(-c4ncccn4)cc3)CC2)CCS1. The van der Waals surface area contributed by atoms with E-state index in [1.54, 1.807) is 24.2 Å². The Labute approximate surface area is 164 Å². The van der Waals surface area contributed by atoms with Gasteiger partial charge in [-0.05, 0) is 31.4 Å². The molecule has 1 aromatic heterocycles. The van der Waals surface area contributed by atoms with Crippen LogP contribution in [0, 0.1) is 5.41 Å². The average molecular weight is 383 g/mol. The van der Waals surface area contributed by atoms with Gasteiger partial charge < -0.3 is 10.0 Å². The Bertz CT molecular complexity index is 807. The quantitative estimate of drug-likeness (QED) is 0.830. The Morgan fingerprint density at radius 2 is 1.89 bits per heavy atom. The van der Waals surface area contributed by atoms with Gasteiger partial charge in [-0.15, -0.1) is 0 Å². The van der Waals surface area contributed by atoms with Crippen LogP contribution in [-0.2, 0) is 5.41 Å². The Hall–Kier alpha value is -1.92. The summed E-state index contributed by atoms with van der Waals surface area (Å²) in [5.74, 6) is 2.38. The number of hydrogen-bond acceptors (Lipinski definition) is 5. The van der Waals surface area contributed by atoms with Crippen LogP contribution in [0.25, 0.3) is 11.4 Å². The van der Waals surface area contributed by atoms with Gasteiger partial charge >= 0.3 is 0 Å². The molecule has 0 radical (unpaired) electrons. The number of aromatic nitrogens is 2. The summed E-state index contributed by atoms with van der Waals surface area (Å²) in [5, 5.41) is 18.2. The lowest BCUT2D eigenvalue weighted by Gasteiger charge is -2.30. The van der Waals surface area contributed by atoms with Gasteiger partial charge in [0.25, 0.3) is 0 Å². The molecule has 2 aromatic rings. The lowest BCUT2D eigenvalue weighted by Crippen LogP contribution is -2.39. The fourth-order valence-electron chi connectivity index (χ4n) is 3.81. The molecule has 2 aliphatic rings. The zero-order valence-corrected chi connectivity index (χ0v) is 16.5. The number of aliphatic hydroxyl groups excluding tert-OH is 1. The number of hydrogen-bond donors (Lipinski definition) is 2. The lowest BCUT2D eigenvalue weighted by molar-refractivity contribution is 0.257. The van der Waals surface area contributed by atoms with Gasteiger partial charge in [-0.3, -0.25) is 5.41 Å². The van der Waals surface area contributed by atoms with Crippen molar-refractivity contribution in [1.29, 1.82) is 5.41 Å². The zero-order chi connectivity index (χ0) is 18.9. The van der Waals surface area contributed by atoms with Crippen molar-refractivity contribution in [3.05, 3.63) is 48.3 Å². The van der Waals surface area contributed by atoms with Crippen molar-refractivity contribution in [2.75, 3.05) is 25.4 Å². The van der Waals surface area contributed by atoms with Crippen LogP contribution >= 0.6 is 11.8 Å². The molecule has 1 saturated carbocycles. The minimum Gasteiger partial charge on any atom is -0.395 e.